The predicted octanol–water partition coefficient (Wildman–Crippen LogP) is 5.62. The Hall–Kier alpha value is -3.42. The monoisotopic (exact) mass is 369 g/mol. The molecule has 1 N–H and O–H groups in total. The molecule has 0 saturated carbocycles. The molecule has 0 spiro atoms. The van der Waals surface area contributed by atoms with E-state index in [0.29, 0.717) is 11.1 Å². The van der Waals surface area contributed by atoms with Crippen LogP contribution in [-0.4, -0.2) is 16.1 Å². The summed E-state index contributed by atoms with van der Waals surface area (Å²) in [6, 6.07) is 19.2. The lowest BCUT2D eigenvalue weighted by Crippen LogP contribution is -2.01. The van der Waals surface area contributed by atoms with Gasteiger partial charge in [-0.05, 0) is 53.9 Å². The summed E-state index contributed by atoms with van der Waals surface area (Å²) in [6.45, 7) is 1.95. The molecule has 0 saturated heterocycles. The third-order valence-corrected chi connectivity index (χ3v) is 5.30. The van der Waals surface area contributed by atoms with Crippen LogP contribution in [0.1, 0.15) is 20.9 Å². The second kappa shape index (κ2) is 6.71. The van der Waals surface area contributed by atoms with E-state index in [-0.39, 0.29) is 5.56 Å². The molecule has 2 aliphatic carbocycles. The van der Waals surface area contributed by atoms with Crippen LogP contribution < -0.4 is 0 Å². The molecule has 4 heteroatoms. The molecule has 1 heterocycles. The van der Waals surface area contributed by atoms with Crippen molar-refractivity contribution in [1.29, 1.82) is 0 Å². The number of carbonyl (C=O) groups is 1. The number of hydrogen-bond acceptors (Lipinski definition) is 3. The van der Waals surface area contributed by atoms with Crippen molar-refractivity contribution in [3.05, 3.63) is 76.8 Å². The Morgan fingerprint density at radius 2 is 1.78 bits per heavy atom. The van der Waals surface area contributed by atoms with Crippen molar-refractivity contribution in [1.82, 2.24) is 4.98 Å². The van der Waals surface area contributed by atoms with Crippen LogP contribution in [0.4, 0.5) is 0 Å². The number of aryl methyl sites for hydroxylation is 1. The van der Waals surface area contributed by atoms with Gasteiger partial charge in [0.05, 0.1) is 20.8 Å². The number of nitrogens with zero attached hydrogens (tertiary/aromatic N) is 1. The number of aromatic carboxylic acids is 1. The maximum absolute atomic E-state index is 11.4. The molecule has 0 atom stereocenters. The molecule has 130 valence electrons. The van der Waals surface area contributed by atoms with Gasteiger partial charge >= 0.3 is 5.97 Å². The first kappa shape index (κ1) is 17.0. The van der Waals surface area contributed by atoms with Gasteiger partial charge in [0.2, 0.25) is 0 Å². The van der Waals surface area contributed by atoms with Crippen LogP contribution in [0.5, 0.6) is 0 Å². The Morgan fingerprint density at radius 3 is 2.37 bits per heavy atom. The maximum atomic E-state index is 11.4. The topological polar surface area (TPSA) is 50.2 Å². The summed E-state index contributed by atoms with van der Waals surface area (Å²) in [5, 5.41) is 10.4. The van der Waals surface area contributed by atoms with Crippen molar-refractivity contribution in [2.24, 2.45) is 0 Å². The van der Waals surface area contributed by atoms with Crippen LogP contribution in [0.15, 0.2) is 60.7 Å². The summed E-state index contributed by atoms with van der Waals surface area (Å²) in [7, 11) is 0. The molecule has 0 fully saturated rings. The van der Waals surface area contributed by atoms with E-state index < -0.39 is 5.97 Å². The van der Waals surface area contributed by atoms with Crippen molar-refractivity contribution in [3.8, 4) is 34.6 Å². The average molecular weight is 369 g/mol. The fourth-order valence-electron chi connectivity index (χ4n) is 3.04. The zero-order valence-corrected chi connectivity index (χ0v) is 15.4. The first-order chi connectivity index (χ1) is 13.1. The number of carboxylic acid groups (broad SMARTS) is 1. The molecule has 2 aliphatic rings. The highest BCUT2D eigenvalue weighted by Gasteiger charge is 2.15. The minimum absolute atomic E-state index is 0.205. The molecule has 2 aromatic carbocycles. The van der Waals surface area contributed by atoms with Gasteiger partial charge < -0.3 is 5.11 Å². The Kier molecular flexibility index (Phi) is 4.23. The second-order valence-electron chi connectivity index (χ2n) is 6.17. The van der Waals surface area contributed by atoms with Crippen molar-refractivity contribution < 1.29 is 9.90 Å². The molecule has 0 bridgehead atoms. The zero-order valence-electron chi connectivity index (χ0n) is 14.6. The van der Waals surface area contributed by atoms with Crippen LogP contribution in [-0.2, 0) is 0 Å². The van der Waals surface area contributed by atoms with Gasteiger partial charge in [-0.15, -0.1) is 17.8 Å². The molecule has 0 aliphatic heterocycles. The van der Waals surface area contributed by atoms with E-state index in [1.165, 1.54) is 11.1 Å². The Balaban J connectivity index is 0.000000250. The van der Waals surface area contributed by atoms with Crippen LogP contribution >= 0.6 is 11.3 Å². The molecular weight excluding hydrogens is 354 g/mol. The number of hydrogen-bond donors (Lipinski definition) is 1. The summed E-state index contributed by atoms with van der Waals surface area (Å²) in [4.78, 5) is 15.9. The number of terminal acetylenes is 1. The molecule has 27 heavy (non-hydrogen) atoms. The van der Waals surface area contributed by atoms with Gasteiger partial charge in [0.25, 0.3) is 0 Å². The number of carboxylic acids is 1. The van der Waals surface area contributed by atoms with E-state index in [4.69, 9.17) is 6.42 Å². The molecule has 3 aromatic rings. The molecule has 0 radical (unpaired) electrons. The third-order valence-electron chi connectivity index (χ3n) is 4.35. The van der Waals surface area contributed by atoms with E-state index in [0.717, 1.165) is 20.8 Å². The largest absolute Gasteiger partial charge is 0.478 e. The van der Waals surface area contributed by atoms with Gasteiger partial charge in [0, 0.05) is 11.1 Å². The van der Waals surface area contributed by atoms with Crippen LogP contribution in [0.2, 0.25) is 0 Å². The Labute approximate surface area is 161 Å². The lowest BCUT2D eigenvalue weighted by molar-refractivity contribution is 0.0697. The lowest BCUT2D eigenvalue weighted by Gasteiger charge is -2.09. The van der Waals surface area contributed by atoms with Crippen molar-refractivity contribution >= 4 is 27.5 Å². The summed E-state index contributed by atoms with van der Waals surface area (Å²) in [5.41, 5.74) is 5.83. The number of benzene rings is 3. The van der Waals surface area contributed by atoms with Crippen molar-refractivity contribution in [3.63, 3.8) is 0 Å². The number of rotatable bonds is 2. The minimum Gasteiger partial charge on any atom is -0.478 e. The van der Waals surface area contributed by atoms with E-state index in [1.54, 1.807) is 29.5 Å². The van der Waals surface area contributed by atoms with E-state index in [9.17, 15) is 9.90 Å². The Bertz CT molecular complexity index is 1210. The van der Waals surface area contributed by atoms with Gasteiger partial charge in [-0.1, -0.05) is 36.3 Å². The van der Waals surface area contributed by atoms with Crippen molar-refractivity contribution in [2.75, 3.05) is 0 Å². The zero-order chi connectivity index (χ0) is 19.0. The minimum atomic E-state index is -0.989. The molecule has 0 amide bonds. The van der Waals surface area contributed by atoms with E-state index >= 15 is 0 Å². The molecule has 1 aromatic heterocycles. The van der Waals surface area contributed by atoms with Crippen molar-refractivity contribution in [2.45, 2.75) is 6.92 Å². The lowest BCUT2D eigenvalue weighted by atomic mass is 9.94. The average Bonchev–Trinajstić information content (AvgIpc) is 3.08. The maximum Gasteiger partial charge on any atom is 0.336 e. The molecule has 3 nitrogen and oxygen atoms in total. The van der Waals surface area contributed by atoms with E-state index in [2.05, 4.69) is 35.2 Å². The first-order valence-electron chi connectivity index (χ1n) is 8.38. The fraction of sp³-hybridized carbons (Fsp3) is 0.0435. The van der Waals surface area contributed by atoms with Crippen LogP contribution in [0.25, 0.3) is 32.5 Å². The standard InChI is InChI=1S/C17H11NO2S.C6H4/c1-3-11-5-4-6-13(17(19)20)16(11)12-7-8-15-14(9-12)18-10(2)21-15;1-2-5-4-6(5)3-1/h1,4-9H,2H3,(H,19,20);1-4H. The van der Waals surface area contributed by atoms with Crippen LogP contribution in [0.3, 0.4) is 0 Å². The highest BCUT2D eigenvalue weighted by molar-refractivity contribution is 7.18. The third kappa shape index (κ3) is 3.33. The number of fused-ring (bicyclic) bond motifs is 2. The van der Waals surface area contributed by atoms with Gasteiger partial charge in [0.1, 0.15) is 0 Å². The van der Waals surface area contributed by atoms with Gasteiger partial charge in [0.15, 0.2) is 0 Å². The van der Waals surface area contributed by atoms with Gasteiger partial charge in [-0.3, -0.25) is 0 Å². The first-order valence-corrected chi connectivity index (χ1v) is 9.19. The number of thiazole rings is 1. The fourth-order valence-corrected chi connectivity index (χ4v) is 3.84. The summed E-state index contributed by atoms with van der Waals surface area (Å²) in [6.07, 6.45) is 5.52. The molecular formula is C23H15NO2S. The van der Waals surface area contributed by atoms with Gasteiger partial charge in [-0.25, -0.2) is 9.78 Å². The highest BCUT2D eigenvalue weighted by Crippen LogP contribution is 2.33. The smallest absolute Gasteiger partial charge is 0.336 e. The van der Waals surface area contributed by atoms with Gasteiger partial charge in [-0.2, -0.15) is 0 Å². The Morgan fingerprint density at radius 1 is 1.04 bits per heavy atom. The SMILES string of the molecule is C#Cc1cccc(C(=O)O)c1-c1ccc2sc(C)nc2c1.c1cc2cc-2c1. The summed E-state index contributed by atoms with van der Waals surface area (Å²) < 4.78 is 1.08. The summed E-state index contributed by atoms with van der Waals surface area (Å²) in [5.74, 6) is 1.57. The van der Waals surface area contributed by atoms with E-state index in [1.807, 2.05) is 25.1 Å². The molecule has 0 unspecified atom stereocenters. The molecule has 5 rings (SSSR count). The number of aromatic nitrogens is 1. The highest BCUT2D eigenvalue weighted by atomic mass is 32.1. The second-order valence-corrected chi connectivity index (χ2v) is 7.41. The van der Waals surface area contributed by atoms with Crippen LogP contribution in [0, 0.1) is 19.3 Å². The quantitative estimate of drug-likeness (QED) is 0.411. The normalized spacial score (nSPS) is 10.7. The summed E-state index contributed by atoms with van der Waals surface area (Å²) >= 11 is 1.61. The predicted molar refractivity (Wildman–Crippen MR) is 110 cm³/mol.